The molecule has 2 aromatic rings. The predicted molar refractivity (Wildman–Crippen MR) is 95.0 cm³/mol. The average molecular weight is 344 g/mol. The molecule has 6 nitrogen and oxygen atoms in total. The summed E-state index contributed by atoms with van der Waals surface area (Å²) in [5, 5.41) is 10.3. The third-order valence-corrected chi connectivity index (χ3v) is 5.20. The summed E-state index contributed by atoms with van der Waals surface area (Å²) in [6, 6.07) is 4.92. The van der Waals surface area contributed by atoms with Gasteiger partial charge in [-0.3, -0.25) is 4.79 Å². The van der Waals surface area contributed by atoms with Gasteiger partial charge in [-0.15, -0.1) is 0 Å². The van der Waals surface area contributed by atoms with Crippen LogP contribution < -0.4 is 0 Å². The fraction of sp³-hybridized carbons (Fsp3) is 0.474. The Labute approximate surface area is 147 Å². The molecule has 0 spiro atoms. The van der Waals surface area contributed by atoms with Gasteiger partial charge in [-0.2, -0.15) is 0 Å². The van der Waals surface area contributed by atoms with Gasteiger partial charge in [-0.25, -0.2) is 4.79 Å². The fourth-order valence-electron chi connectivity index (χ4n) is 3.69. The number of aromatic nitrogens is 1. The maximum atomic E-state index is 12.8. The summed E-state index contributed by atoms with van der Waals surface area (Å²) < 4.78 is 7.38. The van der Waals surface area contributed by atoms with Crippen LogP contribution in [0.15, 0.2) is 18.2 Å². The van der Waals surface area contributed by atoms with E-state index in [1.807, 2.05) is 19.1 Å². The largest absolute Gasteiger partial charge is 0.480 e. The van der Waals surface area contributed by atoms with Crippen LogP contribution in [0.4, 0.5) is 0 Å². The molecular formula is C19H24N2O4. The Kier molecular flexibility index (Phi) is 4.81. The minimum Gasteiger partial charge on any atom is -0.480 e. The number of hydrogen-bond acceptors (Lipinski definition) is 3. The van der Waals surface area contributed by atoms with Crippen molar-refractivity contribution in [2.24, 2.45) is 0 Å². The highest BCUT2D eigenvalue weighted by Crippen LogP contribution is 2.28. The van der Waals surface area contributed by atoms with Crippen molar-refractivity contribution in [1.82, 2.24) is 9.47 Å². The molecule has 6 heteroatoms. The Balaban J connectivity index is 1.97. The highest BCUT2D eigenvalue weighted by atomic mass is 16.5. The Morgan fingerprint density at radius 3 is 2.76 bits per heavy atom. The first-order valence-corrected chi connectivity index (χ1v) is 8.58. The molecule has 1 N–H and O–H groups in total. The van der Waals surface area contributed by atoms with Gasteiger partial charge in [0.1, 0.15) is 6.04 Å². The summed E-state index contributed by atoms with van der Waals surface area (Å²) in [4.78, 5) is 25.6. The molecule has 0 saturated carbocycles. The van der Waals surface area contributed by atoms with Gasteiger partial charge < -0.3 is 19.3 Å². The predicted octanol–water partition coefficient (Wildman–Crippen LogP) is 2.59. The van der Waals surface area contributed by atoms with Crippen molar-refractivity contribution >= 4 is 22.8 Å². The first-order valence-electron chi connectivity index (χ1n) is 8.58. The molecule has 25 heavy (non-hydrogen) atoms. The van der Waals surface area contributed by atoms with E-state index in [9.17, 15) is 14.7 Å². The average Bonchev–Trinajstić information content (AvgIpc) is 3.18. The number of rotatable bonds is 5. The SMILES string of the molecule is COCCn1c(C)c(C)c2cc(C(=O)N3CCC[C@@H]3C(=O)O)ccc21. The molecule has 134 valence electrons. The quantitative estimate of drug-likeness (QED) is 0.905. The number of benzene rings is 1. The number of ether oxygens (including phenoxy) is 1. The lowest BCUT2D eigenvalue weighted by atomic mass is 10.1. The van der Waals surface area contributed by atoms with Gasteiger partial charge in [0.25, 0.3) is 5.91 Å². The van der Waals surface area contributed by atoms with E-state index in [1.165, 1.54) is 4.90 Å². The van der Waals surface area contributed by atoms with Gasteiger partial charge in [0.15, 0.2) is 0 Å². The van der Waals surface area contributed by atoms with Crippen molar-refractivity contribution in [3.8, 4) is 0 Å². The number of methoxy groups -OCH3 is 1. The van der Waals surface area contributed by atoms with Gasteiger partial charge in [-0.05, 0) is 50.5 Å². The number of aliphatic carboxylic acids is 1. The second-order valence-corrected chi connectivity index (χ2v) is 6.58. The first-order chi connectivity index (χ1) is 12.0. The normalized spacial score (nSPS) is 17.4. The first kappa shape index (κ1) is 17.5. The van der Waals surface area contributed by atoms with Crippen molar-refractivity contribution in [3.05, 3.63) is 35.0 Å². The molecule has 0 aliphatic carbocycles. The number of carboxylic acids is 1. The Bertz CT molecular complexity index is 824. The van der Waals surface area contributed by atoms with Crippen molar-refractivity contribution in [2.75, 3.05) is 20.3 Å². The van der Waals surface area contributed by atoms with Crippen LogP contribution in [0, 0.1) is 13.8 Å². The van der Waals surface area contributed by atoms with Crippen LogP contribution >= 0.6 is 0 Å². The van der Waals surface area contributed by atoms with Crippen molar-refractivity contribution in [1.29, 1.82) is 0 Å². The number of likely N-dealkylation sites (tertiary alicyclic amines) is 1. The summed E-state index contributed by atoms with van der Waals surface area (Å²) in [6.07, 6.45) is 1.26. The van der Waals surface area contributed by atoms with E-state index in [1.54, 1.807) is 13.2 Å². The third-order valence-electron chi connectivity index (χ3n) is 5.20. The van der Waals surface area contributed by atoms with Crippen LogP contribution in [0.1, 0.15) is 34.5 Å². The number of fused-ring (bicyclic) bond motifs is 1. The molecule has 1 saturated heterocycles. The van der Waals surface area contributed by atoms with Crippen LogP contribution in [0.3, 0.4) is 0 Å². The van der Waals surface area contributed by atoms with Crippen LogP contribution in [-0.2, 0) is 16.1 Å². The van der Waals surface area contributed by atoms with Crippen molar-refractivity contribution < 1.29 is 19.4 Å². The summed E-state index contributed by atoms with van der Waals surface area (Å²) in [6.45, 7) is 5.99. The lowest BCUT2D eigenvalue weighted by molar-refractivity contribution is -0.141. The molecule has 0 unspecified atom stereocenters. The number of hydrogen-bond donors (Lipinski definition) is 1. The van der Waals surface area contributed by atoms with Gasteiger partial charge in [0, 0.05) is 42.4 Å². The van der Waals surface area contributed by atoms with Gasteiger partial charge in [-0.1, -0.05) is 0 Å². The molecule has 1 aromatic carbocycles. The summed E-state index contributed by atoms with van der Waals surface area (Å²) in [7, 11) is 1.68. The second kappa shape index (κ2) is 6.88. The molecule has 2 heterocycles. The Morgan fingerprint density at radius 1 is 1.32 bits per heavy atom. The lowest BCUT2D eigenvalue weighted by Crippen LogP contribution is -2.40. The zero-order chi connectivity index (χ0) is 18.1. The molecule has 0 bridgehead atoms. The summed E-state index contributed by atoms with van der Waals surface area (Å²) in [5.74, 6) is -1.13. The minimum absolute atomic E-state index is 0.200. The highest BCUT2D eigenvalue weighted by molar-refractivity contribution is 6.00. The maximum absolute atomic E-state index is 12.8. The zero-order valence-corrected chi connectivity index (χ0v) is 14.9. The highest BCUT2D eigenvalue weighted by Gasteiger charge is 2.34. The number of carbonyl (C=O) groups excluding carboxylic acids is 1. The number of amides is 1. The van der Waals surface area contributed by atoms with E-state index in [0.29, 0.717) is 25.1 Å². The van der Waals surface area contributed by atoms with Crippen LogP contribution in [0.2, 0.25) is 0 Å². The number of carboxylic acid groups (broad SMARTS) is 1. The molecular weight excluding hydrogens is 320 g/mol. The molecule has 1 fully saturated rings. The minimum atomic E-state index is -0.926. The Morgan fingerprint density at radius 2 is 2.08 bits per heavy atom. The standard InChI is InChI=1S/C19H24N2O4/c1-12-13(2)20(9-10-25-3)16-7-6-14(11-15(12)16)18(22)21-8-4-5-17(21)19(23)24/h6-7,11,17H,4-5,8-10H2,1-3H3,(H,23,24)/t17-/m1/s1. The Hall–Kier alpha value is -2.34. The van der Waals surface area contributed by atoms with E-state index in [4.69, 9.17) is 4.74 Å². The topological polar surface area (TPSA) is 71.8 Å². The number of carbonyl (C=O) groups is 2. The molecule has 1 aliphatic rings. The summed E-state index contributed by atoms with van der Waals surface area (Å²) in [5.41, 5.74) is 3.91. The van der Waals surface area contributed by atoms with Gasteiger partial charge in [0.2, 0.25) is 0 Å². The zero-order valence-electron chi connectivity index (χ0n) is 14.9. The van der Waals surface area contributed by atoms with Crippen molar-refractivity contribution in [3.63, 3.8) is 0 Å². The second-order valence-electron chi connectivity index (χ2n) is 6.58. The number of aryl methyl sites for hydroxylation is 1. The van der Waals surface area contributed by atoms with E-state index >= 15 is 0 Å². The maximum Gasteiger partial charge on any atom is 0.326 e. The summed E-state index contributed by atoms with van der Waals surface area (Å²) >= 11 is 0. The van der Waals surface area contributed by atoms with Crippen LogP contribution in [-0.4, -0.2) is 52.8 Å². The molecule has 1 aromatic heterocycles. The van der Waals surface area contributed by atoms with E-state index in [0.717, 1.165) is 35.1 Å². The molecule has 0 radical (unpaired) electrons. The van der Waals surface area contributed by atoms with Crippen molar-refractivity contribution in [2.45, 2.75) is 39.3 Å². The number of nitrogens with zero attached hydrogens (tertiary/aromatic N) is 2. The molecule has 1 amide bonds. The van der Waals surface area contributed by atoms with Gasteiger partial charge >= 0.3 is 5.97 Å². The van der Waals surface area contributed by atoms with Crippen LogP contribution in [0.25, 0.3) is 10.9 Å². The van der Waals surface area contributed by atoms with E-state index in [-0.39, 0.29) is 5.91 Å². The monoisotopic (exact) mass is 344 g/mol. The lowest BCUT2D eigenvalue weighted by Gasteiger charge is -2.21. The fourth-order valence-corrected chi connectivity index (χ4v) is 3.69. The smallest absolute Gasteiger partial charge is 0.326 e. The van der Waals surface area contributed by atoms with Gasteiger partial charge in [0.05, 0.1) is 6.61 Å². The third kappa shape index (κ3) is 3.02. The van der Waals surface area contributed by atoms with E-state index in [2.05, 4.69) is 11.5 Å². The molecule has 1 aliphatic heterocycles. The van der Waals surface area contributed by atoms with Crippen LogP contribution in [0.5, 0.6) is 0 Å². The molecule has 3 rings (SSSR count). The van der Waals surface area contributed by atoms with E-state index < -0.39 is 12.0 Å². The molecule has 1 atom stereocenters.